The molecule has 1 unspecified atom stereocenters. The van der Waals surface area contributed by atoms with E-state index in [1.165, 1.54) is 0 Å². The van der Waals surface area contributed by atoms with Crippen LogP contribution in [0.4, 0.5) is 0 Å². The Hall–Kier alpha value is -1.17. The highest BCUT2D eigenvalue weighted by atomic mass is 16.5. The summed E-state index contributed by atoms with van der Waals surface area (Å²) in [6.07, 6.45) is 3.57. The second-order valence-electron chi connectivity index (χ2n) is 4.69. The van der Waals surface area contributed by atoms with Gasteiger partial charge in [0.2, 0.25) is 0 Å². The van der Waals surface area contributed by atoms with Gasteiger partial charge >= 0.3 is 0 Å². The van der Waals surface area contributed by atoms with Gasteiger partial charge in [0.05, 0.1) is 13.7 Å². The quantitative estimate of drug-likeness (QED) is 0.424. The highest BCUT2D eigenvalue weighted by Crippen LogP contribution is 2.24. The minimum absolute atomic E-state index is 0.0603. The number of hydrazine groups is 1. The number of pyridine rings is 1. The van der Waals surface area contributed by atoms with Crippen LogP contribution in [0.25, 0.3) is 0 Å². The average Bonchev–Trinajstić information content (AvgIpc) is 2.41. The van der Waals surface area contributed by atoms with Crippen LogP contribution < -0.4 is 16.0 Å². The molecule has 0 amide bonds. The Labute approximate surface area is 115 Å². The zero-order valence-electron chi connectivity index (χ0n) is 12.3. The maximum Gasteiger partial charge on any atom is 0.128 e. The van der Waals surface area contributed by atoms with E-state index in [2.05, 4.69) is 17.3 Å². The van der Waals surface area contributed by atoms with Crippen molar-refractivity contribution >= 4 is 0 Å². The molecule has 1 rings (SSSR count). The van der Waals surface area contributed by atoms with Crippen LogP contribution in [0.2, 0.25) is 0 Å². The predicted molar refractivity (Wildman–Crippen MR) is 76.2 cm³/mol. The maximum absolute atomic E-state index is 5.56. The molecule has 0 aliphatic carbocycles. The van der Waals surface area contributed by atoms with Crippen molar-refractivity contribution in [2.45, 2.75) is 39.7 Å². The summed E-state index contributed by atoms with van der Waals surface area (Å²) < 4.78 is 10.9. The van der Waals surface area contributed by atoms with Gasteiger partial charge in [-0.15, -0.1) is 0 Å². The number of rotatable bonds is 8. The number of nitrogens with two attached hydrogens (primary N) is 1. The first kappa shape index (κ1) is 15.9. The van der Waals surface area contributed by atoms with Crippen molar-refractivity contribution in [3.8, 4) is 5.75 Å². The van der Waals surface area contributed by atoms with Gasteiger partial charge in [0.1, 0.15) is 5.75 Å². The first-order chi connectivity index (χ1) is 9.13. The van der Waals surface area contributed by atoms with Gasteiger partial charge in [-0.2, -0.15) is 0 Å². The largest absolute Gasteiger partial charge is 0.496 e. The first-order valence-electron chi connectivity index (χ1n) is 6.66. The number of methoxy groups -OCH3 is 1. The van der Waals surface area contributed by atoms with Gasteiger partial charge in [0, 0.05) is 42.1 Å². The molecule has 0 saturated carbocycles. The minimum atomic E-state index is 0.0603. The fraction of sp³-hybridized carbons (Fsp3) is 0.643. The van der Waals surface area contributed by atoms with Crippen LogP contribution in [0, 0.1) is 13.8 Å². The lowest BCUT2D eigenvalue weighted by molar-refractivity contribution is 0.111. The molecule has 19 heavy (non-hydrogen) atoms. The summed E-state index contributed by atoms with van der Waals surface area (Å²) in [4.78, 5) is 4.47. The number of aromatic nitrogens is 1. The van der Waals surface area contributed by atoms with E-state index in [-0.39, 0.29) is 6.04 Å². The molecule has 0 aliphatic heterocycles. The molecule has 0 aromatic carbocycles. The summed E-state index contributed by atoms with van der Waals surface area (Å²) >= 11 is 0. The number of hydrogen-bond donors (Lipinski definition) is 2. The van der Waals surface area contributed by atoms with Gasteiger partial charge in [-0.25, -0.2) is 0 Å². The molecular weight excluding hydrogens is 242 g/mol. The lowest BCUT2D eigenvalue weighted by Gasteiger charge is -2.18. The number of ether oxygens (including phenoxy) is 2. The second-order valence-corrected chi connectivity index (χ2v) is 4.69. The SMILES string of the molecule is CCCOCC(Cc1ncc(C)c(OC)c1C)NN. The predicted octanol–water partition coefficient (Wildman–Crippen LogP) is 1.51. The number of nitrogens with one attached hydrogen (secondary N) is 1. The minimum Gasteiger partial charge on any atom is -0.496 e. The molecule has 0 saturated heterocycles. The maximum atomic E-state index is 5.56. The van der Waals surface area contributed by atoms with Crippen LogP contribution in [0.1, 0.15) is 30.2 Å². The molecule has 1 aromatic rings. The third-order valence-electron chi connectivity index (χ3n) is 3.09. The van der Waals surface area contributed by atoms with Crippen molar-refractivity contribution in [3.63, 3.8) is 0 Å². The van der Waals surface area contributed by atoms with Gasteiger partial charge in [-0.3, -0.25) is 16.3 Å². The summed E-state index contributed by atoms with van der Waals surface area (Å²) in [5.74, 6) is 6.46. The molecule has 108 valence electrons. The van der Waals surface area contributed by atoms with Crippen LogP contribution in [0.3, 0.4) is 0 Å². The third kappa shape index (κ3) is 4.45. The van der Waals surface area contributed by atoms with Crippen LogP contribution in [0.5, 0.6) is 5.75 Å². The van der Waals surface area contributed by atoms with E-state index in [9.17, 15) is 0 Å². The molecule has 5 nitrogen and oxygen atoms in total. The summed E-state index contributed by atoms with van der Waals surface area (Å²) in [5, 5.41) is 0. The Morgan fingerprint density at radius 2 is 2.16 bits per heavy atom. The van der Waals surface area contributed by atoms with Crippen LogP contribution in [-0.2, 0) is 11.2 Å². The van der Waals surface area contributed by atoms with E-state index in [0.717, 1.165) is 42.0 Å². The third-order valence-corrected chi connectivity index (χ3v) is 3.09. The Balaban J connectivity index is 2.74. The van der Waals surface area contributed by atoms with Crippen molar-refractivity contribution in [3.05, 3.63) is 23.0 Å². The lowest BCUT2D eigenvalue weighted by Crippen LogP contribution is -2.40. The van der Waals surface area contributed by atoms with E-state index >= 15 is 0 Å². The summed E-state index contributed by atoms with van der Waals surface area (Å²) in [5.41, 5.74) is 5.89. The van der Waals surface area contributed by atoms with E-state index in [1.807, 2.05) is 20.0 Å². The highest BCUT2D eigenvalue weighted by molar-refractivity contribution is 5.41. The molecule has 1 heterocycles. The number of nitrogens with zero attached hydrogens (tertiary/aromatic N) is 1. The molecule has 5 heteroatoms. The van der Waals surface area contributed by atoms with Gasteiger partial charge in [-0.1, -0.05) is 6.92 Å². The average molecular weight is 267 g/mol. The summed E-state index contributed by atoms with van der Waals surface area (Å²) in [7, 11) is 1.68. The lowest BCUT2D eigenvalue weighted by atomic mass is 10.1. The molecule has 1 aromatic heterocycles. The van der Waals surface area contributed by atoms with Crippen LogP contribution >= 0.6 is 0 Å². The normalized spacial score (nSPS) is 12.5. The second kappa shape index (κ2) is 8.09. The molecule has 0 bridgehead atoms. The van der Waals surface area contributed by atoms with E-state index in [1.54, 1.807) is 7.11 Å². The topological polar surface area (TPSA) is 69.4 Å². The van der Waals surface area contributed by atoms with Crippen molar-refractivity contribution in [1.29, 1.82) is 0 Å². The van der Waals surface area contributed by atoms with Gasteiger partial charge in [-0.05, 0) is 20.3 Å². The van der Waals surface area contributed by atoms with Gasteiger partial charge in [0.15, 0.2) is 0 Å². The van der Waals surface area contributed by atoms with Crippen molar-refractivity contribution in [2.75, 3.05) is 20.3 Å². The number of aryl methyl sites for hydroxylation is 1. The van der Waals surface area contributed by atoms with Crippen molar-refractivity contribution in [2.24, 2.45) is 5.84 Å². The first-order valence-corrected chi connectivity index (χ1v) is 6.66. The molecular formula is C14H25N3O2. The highest BCUT2D eigenvalue weighted by Gasteiger charge is 2.14. The summed E-state index contributed by atoms with van der Waals surface area (Å²) in [6.45, 7) is 7.44. The van der Waals surface area contributed by atoms with Crippen molar-refractivity contribution in [1.82, 2.24) is 10.4 Å². The molecule has 0 radical (unpaired) electrons. The fourth-order valence-electron chi connectivity index (χ4n) is 2.05. The van der Waals surface area contributed by atoms with E-state index in [4.69, 9.17) is 15.3 Å². The molecule has 1 atom stereocenters. The Morgan fingerprint density at radius 3 is 2.74 bits per heavy atom. The van der Waals surface area contributed by atoms with E-state index < -0.39 is 0 Å². The van der Waals surface area contributed by atoms with E-state index in [0.29, 0.717) is 6.61 Å². The van der Waals surface area contributed by atoms with Gasteiger partial charge < -0.3 is 9.47 Å². The standard InChI is InChI=1S/C14H25N3O2/c1-5-6-19-9-12(17-15)7-13-11(3)14(18-4)10(2)8-16-13/h8,12,17H,5-7,9,15H2,1-4H3. The van der Waals surface area contributed by atoms with Crippen LogP contribution in [-0.4, -0.2) is 31.3 Å². The fourth-order valence-corrected chi connectivity index (χ4v) is 2.05. The molecule has 0 fully saturated rings. The zero-order valence-corrected chi connectivity index (χ0v) is 12.3. The Kier molecular flexibility index (Phi) is 6.77. The van der Waals surface area contributed by atoms with Crippen molar-refractivity contribution < 1.29 is 9.47 Å². The molecule has 0 spiro atoms. The Bertz CT molecular complexity index is 397. The summed E-state index contributed by atoms with van der Waals surface area (Å²) in [6, 6.07) is 0.0603. The smallest absolute Gasteiger partial charge is 0.128 e. The number of hydrogen-bond acceptors (Lipinski definition) is 5. The van der Waals surface area contributed by atoms with Gasteiger partial charge in [0.25, 0.3) is 0 Å². The van der Waals surface area contributed by atoms with Crippen LogP contribution in [0.15, 0.2) is 6.20 Å². The molecule has 0 aliphatic rings. The monoisotopic (exact) mass is 267 g/mol. The molecule has 3 N–H and O–H groups in total. The Morgan fingerprint density at radius 1 is 1.42 bits per heavy atom. The zero-order chi connectivity index (χ0) is 14.3.